The highest BCUT2D eigenvalue weighted by Gasteiger charge is 2.67. The van der Waals surface area contributed by atoms with Gasteiger partial charge < -0.3 is 0 Å². The van der Waals surface area contributed by atoms with Crippen molar-refractivity contribution in [1.29, 1.82) is 0 Å². The van der Waals surface area contributed by atoms with E-state index in [2.05, 4.69) is 15.5 Å². The van der Waals surface area contributed by atoms with Crippen LogP contribution in [0.1, 0.15) is 44.1 Å². The van der Waals surface area contributed by atoms with Crippen molar-refractivity contribution < 1.29 is 14.4 Å². The van der Waals surface area contributed by atoms with Crippen LogP contribution in [0.15, 0.2) is 108 Å². The van der Waals surface area contributed by atoms with E-state index in [-0.39, 0.29) is 30.2 Å². The number of likely N-dealkylation sites (tertiary alicyclic amines) is 1. The Kier molecular flexibility index (Phi) is 5.26. The Labute approximate surface area is 225 Å². The molecule has 0 saturated carbocycles. The van der Waals surface area contributed by atoms with E-state index in [1.165, 1.54) is 4.90 Å². The number of amides is 3. The summed E-state index contributed by atoms with van der Waals surface area (Å²) in [7, 11) is 0. The van der Waals surface area contributed by atoms with E-state index in [4.69, 9.17) is 0 Å². The highest BCUT2D eigenvalue weighted by Crippen LogP contribution is 2.63. The van der Waals surface area contributed by atoms with Crippen LogP contribution in [0.3, 0.4) is 0 Å². The molecule has 2 atom stereocenters. The summed E-state index contributed by atoms with van der Waals surface area (Å²) < 4.78 is 0. The lowest BCUT2D eigenvalue weighted by Crippen LogP contribution is -2.54. The topological polar surface area (TPSA) is 91.7 Å². The molecule has 8 rings (SSSR count). The van der Waals surface area contributed by atoms with Crippen molar-refractivity contribution in [2.75, 3.05) is 0 Å². The number of aromatic nitrogens is 1. The van der Waals surface area contributed by atoms with E-state index in [1.54, 1.807) is 30.7 Å². The molecule has 1 N–H and O–H groups in total. The molecule has 1 aromatic heterocycles. The molecule has 39 heavy (non-hydrogen) atoms. The Morgan fingerprint density at radius 2 is 1.46 bits per heavy atom. The van der Waals surface area contributed by atoms with Gasteiger partial charge >= 0.3 is 0 Å². The average molecular weight is 513 g/mol. The first-order valence-corrected chi connectivity index (χ1v) is 12.9. The molecule has 3 aliphatic carbocycles. The van der Waals surface area contributed by atoms with Crippen LogP contribution >= 0.6 is 0 Å². The molecule has 0 unspecified atom stereocenters. The predicted octanol–water partition coefficient (Wildman–Crippen LogP) is 4.04. The van der Waals surface area contributed by atoms with E-state index < -0.39 is 17.3 Å². The fourth-order valence-corrected chi connectivity index (χ4v) is 6.79. The van der Waals surface area contributed by atoms with Crippen molar-refractivity contribution in [3.63, 3.8) is 0 Å². The third-order valence-electron chi connectivity index (χ3n) is 8.34. The van der Waals surface area contributed by atoms with E-state index in [0.717, 1.165) is 27.8 Å². The van der Waals surface area contributed by atoms with Crippen molar-refractivity contribution in [2.45, 2.75) is 17.9 Å². The summed E-state index contributed by atoms with van der Waals surface area (Å²) in [5, 5.41) is 4.44. The minimum atomic E-state index is -1.02. The summed E-state index contributed by atoms with van der Waals surface area (Å²) in [4.78, 5) is 46.5. The lowest BCUT2D eigenvalue weighted by Gasteiger charge is -2.52. The molecule has 7 nitrogen and oxygen atoms in total. The number of carbonyl (C=O) groups is 3. The summed E-state index contributed by atoms with van der Waals surface area (Å²) in [6, 6.07) is 28.7. The van der Waals surface area contributed by atoms with Crippen molar-refractivity contribution >= 4 is 23.9 Å². The molecule has 0 spiro atoms. The number of hydrogen-bond donors (Lipinski definition) is 1. The van der Waals surface area contributed by atoms with Crippen LogP contribution in [0.4, 0.5) is 0 Å². The van der Waals surface area contributed by atoms with Gasteiger partial charge in [0.15, 0.2) is 0 Å². The Morgan fingerprint density at radius 1 is 0.846 bits per heavy atom. The van der Waals surface area contributed by atoms with E-state index >= 15 is 0 Å². The molecule has 3 amide bonds. The van der Waals surface area contributed by atoms with Crippen LogP contribution < -0.4 is 5.43 Å². The van der Waals surface area contributed by atoms with Gasteiger partial charge in [0, 0.05) is 30.1 Å². The molecule has 0 radical (unpaired) electrons. The highest BCUT2D eigenvalue weighted by atomic mass is 16.2. The van der Waals surface area contributed by atoms with Crippen molar-refractivity contribution in [3.8, 4) is 0 Å². The molecular weight excluding hydrogens is 488 g/mol. The number of pyridine rings is 1. The fraction of sp³-hybridized carbons (Fsp3) is 0.156. The van der Waals surface area contributed by atoms with E-state index in [9.17, 15) is 14.4 Å². The Morgan fingerprint density at radius 3 is 2.13 bits per heavy atom. The third-order valence-corrected chi connectivity index (χ3v) is 8.34. The van der Waals surface area contributed by atoms with Crippen LogP contribution in [0, 0.1) is 11.8 Å². The number of rotatable bonds is 5. The Bertz CT molecular complexity index is 1600. The van der Waals surface area contributed by atoms with Gasteiger partial charge in [-0.3, -0.25) is 24.3 Å². The third kappa shape index (κ3) is 3.32. The first-order chi connectivity index (χ1) is 19.1. The zero-order chi connectivity index (χ0) is 26.6. The lowest BCUT2D eigenvalue weighted by molar-refractivity contribution is -0.140. The summed E-state index contributed by atoms with van der Waals surface area (Å²) in [5.41, 5.74) is 6.86. The molecule has 3 aromatic carbocycles. The fourth-order valence-electron chi connectivity index (χ4n) is 6.79. The molecule has 1 aliphatic heterocycles. The van der Waals surface area contributed by atoms with E-state index in [1.807, 2.05) is 78.9 Å². The Hall–Kier alpha value is -4.91. The maximum atomic E-state index is 14.2. The minimum Gasteiger partial charge on any atom is -0.278 e. The quantitative estimate of drug-likeness (QED) is 0.248. The standard InChI is InChI=1S/C32H24N4O3/c37-29(21-14-16-33-17-15-21)35-34-19-32-24-12-6-4-10-22(24)26(23-11-5-7-13-25(23)32)27-28(32)31(39)36(30(27)38)18-20-8-2-1-3-9-20/h1-17,19,26-28H,18H2,(H,35,37)/b34-19-/t26?,27-,28+,32?/m0/s1. The number of nitrogens with one attached hydrogen (secondary N) is 1. The van der Waals surface area contributed by atoms with E-state index in [0.29, 0.717) is 5.56 Å². The van der Waals surface area contributed by atoms with Gasteiger partial charge in [0.1, 0.15) is 0 Å². The second kappa shape index (κ2) is 8.84. The van der Waals surface area contributed by atoms with Gasteiger partial charge in [0.2, 0.25) is 11.8 Å². The first kappa shape index (κ1) is 23.2. The monoisotopic (exact) mass is 512 g/mol. The summed E-state index contributed by atoms with van der Waals surface area (Å²) in [6.07, 6.45) is 4.76. The summed E-state index contributed by atoms with van der Waals surface area (Å²) in [6.45, 7) is 0.219. The molecule has 1 saturated heterocycles. The number of imide groups is 1. The van der Waals surface area contributed by atoms with Crippen LogP contribution in [0.2, 0.25) is 0 Å². The van der Waals surface area contributed by atoms with Gasteiger partial charge in [-0.15, -0.1) is 0 Å². The molecule has 1 fully saturated rings. The number of carbonyl (C=O) groups excluding carboxylic acids is 3. The zero-order valence-electron chi connectivity index (χ0n) is 20.9. The minimum absolute atomic E-state index is 0.165. The zero-order valence-corrected chi connectivity index (χ0v) is 20.9. The second-order valence-electron chi connectivity index (χ2n) is 10.2. The summed E-state index contributed by atoms with van der Waals surface area (Å²) in [5.74, 6) is -2.23. The molecule has 4 aliphatic rings. The molecule has 2 bridgehead atoms. The SMILES string of the molecule is O=C(N/N=C\C12c3ccccc3C(c3ccccc31)[C@@H]1C(=O)N(Cc3ccccc3)C(=O)[C@@H]12)c1ccncc1. The predicted molar refractivity (Wildman–Crippen MR) is 145 cm³/mol. The smallest absolute Gasteiger partial charge is 0.271 e. The molecule has 4 aromatic rings. The maximum Gasteiger partial charge on any atom is 0.271 e. The molecular formula is C32H24N4O3. The van der Waals surface area contributed by atoms with Gasteiger partial charge in [-0.1, -0.05) is 78.9 Å². The van der Waals surface area contributed by atoms with Crippen LogP contribution in [0.25, 0.3) is 0 Å². The van der Waals surface area contributed by atoms with Crippen LogP contribution in [0.5, 0.6) is 0 Å². The van der Waals surface area contributed by atoms with Crippen molar-refractivity contribution in [3.05, 3.63) is 137 Å². The lowest BCUT2D eigenvalue weighted by atomic mass is 9.47. The summed E-state index contributed by atoms with van der Waals surface area (Å²) >= 11 is 0. The molecule has 190 valence electrons. The van der Waals surface area contributed by atoms with Gasteiger partial charge in [-0.2, -0.15) is 5.10 Å². The number of hydrogen-bond acceptors (Lipinski definition) is 5. The molecule has 7 heteroatoms. The van der Waals surface area contributed by atoms with Crippen molar-refractivity contribution in [1.82, 2.24) is 15.3 Å². The number of hydrazone groups is 1. The van der Waals surface area contributed by atoms with Crippen molar-refractivity contribution in [2.24, 2.45) is 16.9 Å². The van der Waals surface area contributed by atoms with Gasteiger partial charge in [-0.05, 0) is 39.9 Å². The number of nitrogens with zero attached hydrogens (tertiary/aromatic N) is 3. The highest BCUT2D eigenvalue weighted by molar-refractivity contribution is 6.11. The number of benzene rings is 3. The van der Waals surface area contributed by atoms with Gasteiger partial charge in [-0.25, -0.2) is 5.43 Å². The second-order valence-corrected chi connectivity index (χ2v) is 10.2. The first-order valence-electron chi connectivity index (χ1n) is 12.9. The van der Waals surface area contributed by atoms with Crippen LogP contribution in [-0.4, -0.2) is 33.8 Å². The largest absolute Gasteiger partial charge is 0.278 e. The average Bonchev–Trinajstić information content (AvgIpc) is 3.24. The van der Waals surface area contributed by atoms with Gasteiger partial charge in [0.25, 0.3) is 5.91 Å². The maximum absolute atomic E-state index is 14.2. The van der Waals surface area contributed by atoms with Gasteiger partial charge in [0.05, 0.1) is 23.8 Å². The Balaban J connectivity index is 1.38. The molecule has 2 heterocycles. The normalized spacial score (nSPS) is 24.4. The van der Waals surface area contributed by atoms with Crippen LogP contribution in [-0.2, 0) is 21.5 Å².